The Morgan fingerprint density at radius 2 is 1.78 bits per heavy atom. The summed E-state index contributed by atoms with van der Waals surface area (Å²) in [6.07, 6.45) is 1.32. The number of carbonyl (C=O) groups excluding carboxylic acids is 2. The van der Waals surface area contributed by atoms with Gasteiger partial charge in [0.2, 0.25) is 11.8 Å². The Kier molecular flexibility index (Phi) is 7.59. The number of nitrogens with two attached hydrogens (primary N) is 1. The zero-order valence-electron chi connectivity index (χ0n) is 12.2. The van der Waals surface area contributed by atoms with Gasteiger partial charge in [-0.05, 0) is 31.7 Å². The summed E-state index contributed by atoms with van der Waals surface area (Å²) in [6.45, 7) is 6.42. The number of hydrogen-bond acceptors (Lipinski definition) is 3. The van der Waals surface area contributed by atoms with E-state index < -0.39 is 6.04 Å². The van der Waals surface area contributed by atoms with Crippen LogP contribution in [0, 0.1) is 11.8 Å². The number of nitrogens with zero attached hydrogens (tertiary/aromatic N) is 1. The van der Waals surface area contributed by atoms with Crippen LogP contribution >= 0.6 is 0 Å². The second kappa shape index (κ2) is 8.08. The van der Waals surface area contributed by atoms with Crippen LogP contribution in [0.1, 0.15) is 33.6 Å². The van der Waals surface area contributed by atoms with Crippen LogP contribution in [0.15, 0.2) is 0 Å². The van der Waals surface area contributed by atoms with Gasteiger partial charge in [0.25, 0.3) is 0 Å². The third-order valence-corrected chi connectivity index (χ3v) is 2.80. The van der Waals surface area contributed by atoms with Crippen molar-refractivity contribution in [3.8, 4) is 0 Å². The number of rotatable bonds is 7. The predicted molar refractivity (Wildman–Crippen MR) is 72.9 cm³/mol. The average Bonchev–Trinajstić information content (AvgIpc) is 2.25. The highest BCUT2D eigenvalue weighted by atomic mass is 16.2. The molecule has 0 spiro atoms. The molecular weight excluding hydrogens is 230 g/mol. The van der Waals surface area contributed by atoms with Gasteiger partial charge in [-0.15, -0.1) is 0 Å². The summed E-state index contributed by atoms with van der Waals surface area (Å²) in [5.74, 6) is 0.504. The first-order valence-corrected chi connectivity index (χ1v) is 6.48. The van der Waals surface area contributed by atoms with Crippen molar-refractivity contribution in [2.75, 3.05) is 20.6 Å². The third-order valence-electron chi connectivity index (χ3n) is 2.80. The molecule has 0 aliphatic heterocycles. The highest BCUT2D eigenvalue weighted by Gasteiger charge is 2.19. The van der Waals surface area contributed by atoms with E-state index in [0.717, 1.165) is 6.42 Å². The van der Waals surface area contributed by atoms with E-state index in [4.69, 9.17) is 5.73 Å². The van der Waals surface area contributed by atoms with E-state index in [-0.39, 0.29) is 17.7 Å². The van der Waals surface area contributed by atoms with Crippen molar-refractivity contribution in [2.45, 2.75) is 39.7 Å². The second-order valence-electron chi connectivity index (χ2n) is 5.46. The van der Waals surface area contributed by atoms with Gasteiger partial charge in [0.05, 0.1) is 0 Å². The van der Waals surface area contributed by atoms with Gasteiger partial charge in [0.15, 0.2) is 0 Å². The Morgan fingerprint density at radius 3 is 2.17 bits per heavy atom. The van der Waals surface area contributed by atoms with Gasteiger partial charge in [-0.3, -0.25) is 9.59 Å². The maximum atomic E-state index is 11.8. The molecule has 2 amide bonds. The summed E-state index contributed by atoms with van der Waals surface area (Å²) in [5, 5.41) is 2.71. The predicted octanol–water partition coefficient (Wildman–Crippen LogP) is 0.590. The van der Waals surface area contributed by atoms with Crippen molar-refractivity contribution < 1.29 is 9.59 Å². The summed E-state index contributed by atoms with van der Waals surface area (Å²) in [6, 6.07) is -0.482. The fourth-order valence-electron chi connectivity index (χ4n) is 1.94. The summed E-state index contributed by atoms with van der Waals surface area (Å²) in [5.41, 5.74) is 5.65. The number of nitrogens with one attached hydrogen (secondary N) is 1. The van der Waals surface area contributed by atoms with Crippen LogP contribution in [0.2, 0.25) is 0 Å². The van der Waals surface area contributed by atoms with Crippen LogP contribution < -0.4 is 11.1 Å². The molecule has 0 heterocycles. The normalized spacial score (nSPS) is 14.2. The summed E-state index contributed by atoms with van der Waals surface area (Å²) in [4.78, 5) is 24.9. The van der Waals surface area contributed by atoms with Crippen molar-refractivity contribution in [3.05, 3.63) is 0 Å². The first-order chi connectivity index (χ1) is 8.27. The molecular formula is C13H27N3O2. The van der Waals surface area contributed by atoms with Gasteiger partial charge in [0, 0.05) is 20.5 Å². The molecule has 0 rings (SSSR count). The standard InChI is InChI=1S/C13H27N3O2/c1-9(2)6-11(8-14)7-12(17)15-10(3)13(18)16(4)5/h9-11H,6-8,14H2,1-5H3,(H,15,17). The summed E-state index contributed by atoms with van der Waals surface area (Å²) >= 11 is 0. The number of amides is 2. The zero-order valence-corrected chi connectivity index (χ0v) is 12.2. The minimum absolute atomic E-state index is 0.100. The van der Waals surface area contributed by atoms with Crippen LogP contribution in [0.4, 0.5) is 0 Å². The Labute approximate surface area is 110 Å². The highest BCUT2D eigenvalue weighted by Crippen LogP contribution is 2.14. The number of likely N-dealkylation sites (N-methyl/N-ethyl adjacent to an activating group) is 1. The molecule has 0 aliphatic carbocycles. The lowest BCUT2D eigenvalue weighted by Crippen LogP contribution is -2.44. The maximum absolute atomic E-state index is 11.8. The van der Waals surface area contributed by atoms with E-state index in [1.807, 2.05) is 0 Å². The molecule has 5 nitrogen and oxygen atoms in total. The minimum Gasteiger partial charge on any atom is -0.347 e. The lowest BCUT2D eigenvalue weighted by molar-refractivity contribution is -0.134. The van der Waals surface area contributed by atoms with E-state index in [2.05, 4.69) is 19.2 Å². The van der Waals surface area contributed by atoms with Gasteiger partial charge in [0.1, 0.15) is 6.04 Å². The van der Waals surface area contributed by atoms with Crippen LogP contribution in [-0.2, 0) is 9.59 Å². The molecule has 0 aromatic carbocycles. The minimum atomic E-state index is -0.482. The average molecular weight is 257 g/mol. The van der Waals surface area contributed by atoms with Crippen molar-refractivity contribution >= 4 is 11.8 Å². The molecule has 0 aliphatic rings. The molecule has 2 unspecified atom stereocenters. The largest absolute Gasteiger partial charge is 0.347 e. The molecule has 0 aromatic rings. The highest BCUT2D eigenvalue weighted by molar-refractivity contribution is 5.87. The molecule has 0 saturated heterocycles. The Hall–Kier alpha value is -1.10. The third kappa shape index (κ3) is 6.59. The zero-order chi connectivity index (χ0) is 14.3. The fourth-order valence-corrected chi connectivity index (χ4v) is 1.94. The van der Waals surface area contributed by atoms with Crippen LogP contribution in [0.25, 0.3) is 0 Å². The van der Waals surface area contributed by atoms with Crippen molar-refractivity contribution in [3.63, 3.8) is 0 Å². The van der Waals surface area contributed by atoms with Gasteiger partial charge in [-0.2, -0.15) is 0 Å². The molecule has 106 valence electrons. The smallest absolute Gasteiger partial charge is 0.244 e. The number of hydrogen-bond donors (Lipinski definition) is 2. The Morgan fingerprint density at radius 1 is 1.22 bits per heavy atom. The maximum Gasteiger partial charge on any atom is 0.244 e. The van der Waals surface area contributed by atoms with Crippen LogP contribution in [-0.4, -0.2) is 43.4 Å². The van der Waals surface area contributed by atoms with Crippen LogP contribution in [0.5, 0.6) is 0 Å². The van der Waals surface area contributed by atoms with Gasteiger partial charge < -0.3 is 16.0 Å². The van der Waals surface area contributed by atoms with Gasteiger partial charge in [-0.1, -0.05) is 13.8 Å². The van der Waals surface area contributed by atoms with Crippen molar-refractivity contribution in [1.82, 2.24) is 10.2 Å². The Balaban J connectivity index is 4.20. The van der Waals surface area contributed by atoms with E-state index in [1.54, 1.807) is 21.0 Å². The summed E-state index contributed by atoms with van der Waals surface area (Å²) < 4.78 is 0. The van der Waals surface area contributed by atoms with Crippen molar-refractivity contribution in [2.24, 2.45) is 17.6 Å². The molecule has 5 heteroatoms. The molecule has 0 radical (unpaired) electrons. The molecule has 18 heavy (non-hydrogen) atoms. The van der Waals surface area contributed by atoms with Crippen molar-refractivity contribution in [1.29, 1.82) is 0 Å². The second-order valence-corrected chi connectivity index (χ2v) is 5.46. The van der Waals surface area contributed by atoms with Gasteiger partial charge >= 0.3 is 0 Å². The lowest BCUT2D eigenvalue weighted by atomic mass is 9.94. The van der Waals surface area contributed by atoms with E-state index in [1.165, 1.54) is 4.90 Å². The SMILES string of the molecule is CC(C)CC(CN)CC(=O)NC(C)C(=O)N(C)C. The molecule has 2 atom stereocenters. The van der Waals surface area contributed by atoms with E-state index >= 15 is 0 Å². The molecule has 0 bridgehead atoms. The molecule has 0 fully saturated rings. The molecule has 3 N–H and O–H groups in total. The summed E-state index contributed by atoms with van der Waals surface area (Å²) in [7, 11) is 3.35. The molecule has 0 aromatic heterocycles. The number of carbonyl (C=O) groups is 2. The first-order valence-electron chi connectivity index (χ1n) is 6.48. The van der Waals surface area contributed by atoms with E-state index in [0.29, 0.717) is 18.9 Å². The van der Waals surface area contributed by atoms with E-state index in [9.17, 15) is 9.59 Å². The monoisotopic (exact) mass is 257 g/mol. The first kappa shape index (κ1) is 16.9. The van der Waals surface area contributed by atoms with Gasteiger partial charge in [-0.25, -0.2) is 0 Å². The lowest BCUT2D eigenvalue weighted by Gasteiger charge is -2.20. The van der Waals surface area contributed by atoms with Crippen LogP contribution in [0.3, 0.4) is 0 Å². The topological polar surface area (TPSA) is 75.4 Å². The molecule has 0 saturated carbocycles. The fraction of sp³-hybridized carbons (Fsp3) is 0.846. The quantitative estimate of drug-likeness (QED) is 0.701. The Bertz CT molecular complexity index is 277.